The Kier molecular flexibility index (Phi) is 4.83. The van der Waals surface area contributed by atoms with Gasteiger partial charge < -0.3 is 9.30 Å². The molecule has 0 atom stereocenters. The summed E-state index contributed by atoms with van der Waals surface area (Å²) >= 11 is 5.44. The van der Waals surface area contributed by atoms with Crippen LogP contribution in [0.25, 0.3) is 22.1 Å². The van der Waals surface area contributed by atoms with Crippen LogP contribution in [0.3, 0.4) is 0 Å². The standard InChI is InChI=1S/C16H17ClN4O2/c1-2-23-10-14-20-12-9-19-11-5-3-7-18-15(11)16(12)21(14)8-4-6-13(17)22/h3,5,7,9H,2,4,6,8,10H2,1H3. The van der Waals surface area contributed by atoms with Crippen molar-refractivity contribution in [3.05, 3.63) is 30.4 Å². The fraction of sp³-hybridized carbons (Fsp3) is 0.375. The Morgan fingerprint density at radius 3 is 3.00 bits per heavy atom. The topological polar surface area (TPSA) is 69.9 Å². The Balaban J connectivity index is 2.09. The van der Waals surface area contributed by atoms with Crippen molar-refractivity contribution >= 4 is 38.9 Å². The van der Waals surface area contributed by atoms with Gasteiger partial charge in [-0.1, -0.05) is 0 Å². The molecule has 0 aliphatic rings. The van der Waals surface area contributed by atoms with Crippen molar-refractivity contribution in [1.29, 1.82) is 0 Å². The number of hydrogen-bond acceptors (Lipinski definition) is 5. The van der Waals surface area contributed by atoms with Crippen molar-refractivity contribution in [2.24, 2.45) is 0 Å². The molecule has 0 saturated carbocycles. The molecular weight excluding hydrogens is 316 g/mol. The van der Waals surface area contributed by atoms with Gasteiger partial charge in [-0.3, -0.25) is 14.8 Å². The minimum absolute atomic E-state index is 0.325. The number of hydrogen-bond donors (Lipinski definition) is 0. The number of carbonyl (C=O) groups excluding carboxylic acids is 1. The second-order valence-corrected chi connectivity index (χ2v) is 5.56. The van der Waals surface area contributed by atoms with Gasteiger partial charge >= 0.3 is 0 Å². The first-order chi connectivity index (χ1) is 11.2. The number of ether oxygens (including phenoxy) is 1. The highest BCUT2D eigenvalue weighted by Crippen LogP contribution is 2.24. The van der Waals surface area contributed by atoms with Crippen LogP contribution in [-0.2, 0) is 22.7 Å². The van der Waals surface area contributed by atoms with E-state index in [0.29, 0.717) is 32.6 Å². The van der Waals surface area contributed by atoms with Gasteiger partial charge in [0.15, 0.2) is 0 Å². The highest BCUT2D eigenvalue weighted by atomic mass is 35.5. The molecule has 0 radical (unpaired) electrons. The molecule has 3 aromatic heterocycles. The van der Waals surface area contributed by atoms with Crippen LogP contribution in [0.15, 0.2) is 24.5 Å². The summed E-state index contributed by atoms with van der Waals surface area (Å²) in [6, 6.07) is 3.78. The third-order valence-electron chi connectivity index (χ3n) is 3.60. The molecule has 3 heterocycles. The predicted molar refractivity (Wildman–Crippen MR) is 88.3 cm³/mol. The van der Waals surface area contributed by atoms with E-state index in [9.17, 15) is 4.79 Å². The van der Waals surface area contributed by atoms with E-state index in [2.05, 4.69) is 19.5 Å². The van der Waals surface area contributed by atoms with Gasteiger partial charge in [-0.15, -0.1) is 0 Å². The number of fused-ring (bicyclic) bond motifs is 3. The summed E-state index contributed by atoms with van der Waals surface area (Å²) in [7, 11) is 0. The highest BCUT2D eigenvalue weighted by molar-refractivity contribution is 6.63. The lowest BCUT2D eigenvalue weighted by Gasteiger charge is -2.09. The molecule has 0 aromatic carbocycles. The number of imidazole rings is 1. The lowest BCUT2D eigenvalue weighted by Crippen LogP contribution is -2.07. The van der Waals surface area contributed by atoms with E-state index in [1.165, 1.54) is 0 Å². The van der Waals surface area contributed by atoms with Crippen molar-refractivity contribution in [2.45, 2.75) is 32.9 Å². The Morgan fingerprint density at radius 1 is 1.35 bits per heavy atom. The molecule has 0 saturated heterocycles. The van der Waals surface area contributed by atoms with Gasteiger partial charge in [0.25, 0.3) is 0 Å². The number of halogens is 1. The first kappa shape index (κ1) is 15.8. The Labute approximate surface area is 138 Å². The zero-order chi connectivity index (χ0) is 16.2. The van der Waals surface area contributed by atoms with Crippen LogP contribution in [0.2, 0.25) is 0 Å². The zero-order valence-electron chi connectivity index (χ0n) is 12.8. The summed E-state index contributed by atoms with van der Waals surface area (Å²) in [6.45, 7) is 3.60. The molecule has 23 heavy (non-hydrogen) atoms. The van der Waals surface area contributed by atoms with E-state index < -0.39 is 0 Å². The second-order valence-electron chi connectivity index (χ2n) is 5.14. The molecular formula is C16H17ClN4O2. The van der Waals surface area contributed by atoms with Crippen molar-refractivity contribution in [2.75, 3.05) is 6.61 Å². The average molecular weight is 333 g/mol. The first-order valence-corrected chi connectivity index (χ1v) is 7.93. The van der Waals surface area contributed by atoms with Gasteiger partial charge in [-0.05, 0) is 37.1 Å². The molecule has 0 N–H and O–H groups in total. The Morgan fingerprint density at radius 2 is 2.22 bits per heavy atom. The van der Waals surface area contributed by atoms with Crippen LogP contribution in [0.1, 0.15) is 25.6 Å². The van der Waals surface area contributed by atoms with E-state index in [1.807, 2.05) is 19.1 Å². The molecule has 0 amide bonds. The monoisotopic (exact) mass is 332 g/mol. The average Bonchev–Trinajstić information content (AvgIpc) is 2.91. The van der Waals surface area contributed by atoms with E-state index >= 15 is 0 Å². The molecule has 0 bridgehead atoms. The molecule has 0 fully saturated rings. The number of carbonyl (C=O) groups is 1. The van der Waals surface area contributed by atoms with E-state index in [0.717, 1.165) is 27.9 Å². The summed E-state index contributed by atoms with van der Waals surface area (Å²) in [5.41, 5.74) is 3.32. The minimum atomic E-state index is -0.328. The van der Waals surface area contributed by atoms with Gasteiger partial charge in [0, 0.05) is 25.8 Å². The molecule has 3 rings (SSSR count). The van der Waals surface area contributed by atoms with Crippen molar-refractivity contribution < 1.29 is 9.53 Å². The summed E-state index contributed by atoms with van der Waals surface area (Å²) < 4.78 is 7.57. The lowest BCUT2D eigenvalue weighted by atomic mass is 10.2. The van der Waals surface area contributed by atoms with Crippen molar-refractivity contribution in [3.63, 3.8) is 0 Å². The number of rotatable bonds is 7. The molecule has 120 valence electrons. The predicted octanol–water partition coefficient (Wildman–Crippen LogP) is 3.06. The van der Waals surface area contributed by atoms with Crippen LogP contribution >= 0.6 is 11.6 Å². The van der Waals surface area contributed by atoms with E-state index in [-0.39, 0.29) is 5.24 Å². The van der Waals surface area contributed by atoms with Crippen LogP contribution in [0, 0.1) is 0 Å². The maximum absolute atomic E-state index is 11.0. The number of aryl methyl sites for hydroxylation is 1. The van der Waals surface area contributed by atoms with Gasteiger partial charge in [0.1, 0.15) is 23.5 Å². The largest absolute Gasteiger partial charge is 0.374 e. The summed E-state index contributed by atoms with van der Waals surface area (Å²) in [5, 5.41) is -0.328. The fourth-order valence-electron chi connectivity index (χ4n) is 2.59. The highest BCUT2D eigenvalue weighted by Gasteiger charge is 2.15. The Bertz CT molecular complexity index is 847. The van der Waals surface area contributed by atoms with Crippen LogP contribution in [0.5, 0.6) is 0 Å². The van der Waals surface area contributed by atoms with Gasteiger partial charge in [-0.2, -0.15) is 0 Å². The molecule has 0 aliphatic carbocycles. The van der Waals surface area contributed by atoms with Crippen LogP contribution in [0.4, 0.5) is 0 Å². The minimum Gasteiger partial charge on any atom is -0.374 e. The molecule has 0 unspecified atom stereocenters. The van der Waals surface area contributed by atoms with Gasteiger partial charge in [0.05, 0.1) is 17.2 Å². The van der Waals surface area contributed by atoms with Crippen LogP contribution < -0.4 is 0 Å². The van der Waals surface area contributed by atoms with Gasteiger partial charge in [-0.25, -0.2) is 4.98 Å². The molecule has 0 aliphatic heterocycles. The normalized spacial score (nSPS) is 11.4. The van der Waals surface area contributed by atoms with Gasteiger partial charge in [0.2, 0.25) is 5.24 Å². The number of nitrogens with zero attached hydrogens (tertiary/aromatic N) is 4. The second kappa shape index (κ2) is 7.02. The van der Waals surface area contributed by atoms with Crippen LogP contribution in [-0.4, -0.2) is 31.4 Å². The SMILES string of the molecule is CCOCc1nc2cnc3cccnc3c2n1CCCC(=O)Cl. The molecule has 3 aromatic rings. The summed E-state index contributed by atoms with van der Waals surface area (Å²) in [6.07, 6.45) is 4.46. The first-order valence-electron chi connectivity index (χ1n) is 7.55. The fourth-order valence-corrected chi connectivity index (χ4v) is 2.73. The summed E-state index contributed by atoms with van der Waals surface area (Å²) in [4.78, 5) is 24.5. The number of pyridine rings is 2. The number of aromatic nitrogens is 4. The molecule has 6 nitrogen and oxygen atoms in total. The zero-order valence-corrected chi connectivity index (χ0v) is 13.6. The smallest absolute Gasteiger partial charge is 0.221 e. The lowest BCUT2D eigenvalue weighted by molar-refractivity contribution is -0.111. The third-order valence-corrected chi connectivity index (χ3v) is 3.79. The van der Waals surface area contributed by atoms with Crippen molar-refractivity contribution in [1.82, 2.24) is 19.5 Å². The van der Waals surface area contributed by atoms with E-state index in [4.69, 9.17) is 16.3 Å². The summed E-state index contributed by atoms with van der Waals surface area (Å²) in [5.74, 6) is 0.809. The quantitative estimate of drug-likeness (QED) is 0.622. The Hall–Kier alpha value is -2.05. The molecule has 0 spiro atoms. The van der Waals surface area contributed by atoms with Crippen molar-refractivity contribution in [3.8, 4) is 0 Å². The molecule has 7 heteroatoms. The maximum Gasteiger partial charge on any atom is 0.221 e. The third kappa shape index (κ3) is 3.33. The van der Waals surface area contributed by atoms with E-state index in [1.54, 1.807) is 12.4 Å². The maximum atomic E-state index is 11.0.